The van der Waals surface area contributed by atoms with Crippen LogP contribution in [0, 0.1) is 0 Å². The molecule has 0 saturated carbocycles. The van der Waals surface area contributed by atoms with E-state index in [1.807, 2.05) is 26.2 Å². The molecule has 0 fully saturated rings. The molecule has 2 rings (SSSR count). The quantitative estimate of drug-likeness (QED) is 0.862. The summed E-state index contributed by atoms with van der Waals surface area (Å²) in [6.07, 6.45) is 0. The fraction of sp³-hybridized carbons (Fsp3) is 0.308. The summed E-state index contributed by atoms with van der Waals surface area (Å²) >= 11 is 5.95. The van der Waals surface area contributed by atoms with Crippen molar-refractivity contribution in [3.05, 3.63) is 23.5 Å². The Kier molecular flexibility index (Phi) is 4.24. The molecule has 0 radical (unpaired) electrons. The number of rotatable bonds is 4. The molecule has 0 aliphatic carbocycles. The minimum absolute atomic E-state index is 0.128. The molecule has 0 atom stereocenters. The summed E-state index contributed by atoms with van der Waals surface area (Å²) in [6, 6.07) is 5.48. The lowest BCUT2D eigenvalue weighted by molar-refractivity contribution is 0.356. The predicted octanol–water partition coefficient (Wildman–Crippen LogP) is 2.28. The highest BCUT2D eigenvalue weighted by Gasteiger charge is 2.16. The van der Waals surface area contributed by atoms with Gasteiger partial charge in [-0.25, -0.2) is 0 Å². The Balaban J connectivity index is 2.62. The number of ether oxygens (including phenoxy) is 2. The number of aromatic nitrogens is 3. The first-order valence-electron chi connectivity index (χ1n) is 5.87. The molecule has 0 saturated heterocycles. The zero-order valence-corrected chi connectivity index (χ0v) is 12.5. The Bertz CT molecular complexity index is 619. The average Bonchev–Trinajstić information content (AvgIpc) is 2.45. The summed E-state index contributed by atoms with van der Waals surface area (Å²) in [6.45, 7) is 0. The van der Waals surface area contributed by atoms with Crippen molar-refractivity contribution < 1.29 is 9.47 Å². The van der Waals surface area contributed by atoms with Crippen LogP contribution in [0.15, 0.2) is 18.2 Å². The van der Waals surface area contributed by atoms with E-state index in [1.54, 1.807) is 25.2 Å². The Morgan fingerprint density at radius 1 is 1.05 bits per heavy atom. The maximum Gasteiger partial charge on any atom is 0.229 e. The minimum atomic E-state index is 0.128. The Morgan fingerprint density at radius 3 is 2.40 bits per heavy atom. The van der Waals surface area contributed by atoms with Crippen molar-refractivity contribution in [1.82, 2.24) is 15.0 Å². The molecule has 0 N–H and O–H groups in total. The Labute approximate surface area is 122 Å². The molecule has 0 aliphatic heterocycles. The normalized spacial score (nSPS) is 10.2. The number of halogens is 1. The molecule has 0 unspecified atom stereocenters. The van der Waals surface area contributed by atoms with E-state index in [2.05, 4.69) is 15.0 Å². The fourth-order valence-electron chi connectivity index (χ4n) is 1.72. The van der Waals surface area contributed by atoms with Gasteiger partial charge in [-0.15, -0.1) is 0 Å². The van der Waals surface area contributed by atoms with Crippen molar-refractivity contribution >= 4 is 17.5 Å². The van der Waals surface area contributed by atoms with Gasteiger partial charge in [0, 0.05) is 14.1 Å². The highest BCUT2D eigenvalue weighted by molar-refractivity contribution is 6.28. The van der Waals surface area contributed by atoms with Gasteiger partial charge >= 0.3 is 0 Å². The van der Waals surface area contributed by atoms with Crippen molar-refractivity contribution in [2.75, 3.05) is 33.2 Å². The van der Waals surface area contributed by atoms with Crippen LogP contribution in [-0.4, -0.2) is 43.3 Å². The minimum Gasteiger partial charge on any atom is -0.493 e. The van der Waals surface area contributed by atoms with E-state index in [-0.39, 0.29) is 5.28 Å². The fourth-order valence-corrected chi connectivity index (χ4v) is 1.88. The van der Waals surface area contributed by atoms with Gasteiger partial charge in [-0.2, -0.15) is 15.0 Å². The van der Waals surface area contributed by atoms with Gasteiger partial charge in [0.15, 0.2) is 17.3 Å². The van der Waals surface area contributed by atoms with Gasteiger partial charge in [-0.05, 0) is 23.7 Å². The first-order valence-corrected chi connectivity index (χ1v) is 6.25. The maximum absolute atomic E-state index is 5.95. The van der Waals surface area contributed by atoms with Crippen LogP contribution < -0.4 is 14.4 Å². The number of nitrogens with zero attached hydrogens (tertiary/aromatic N) is 4. The molecular weight excluding hydrogens is 280 g/mol. The third-order valence-corrected chi connectivity index (χ3v) is 2.81. The van der Waals surface area contributed by atoms with Crippen LogP contribution in [0.2, 0.25) is 5.28 Å². The van der Waals surface area contributed by atoms with E-state index in [0.29, 0.717) is 28.8 Å². The highest BCUT2D eigenvalue weighted by Crippen LogP contribution is 2.36. The Morgan fingerprint density at radius 2 is 1.80 bits per heavy atom. The summed E-state index contributed by atoms with van der Waals surface area (Å²) in [5.74, 6) is 2.07. The molecular formula is C13H15ClN4O2. The number of para-hydroxylation sites is 1. The van der Waals surface area contributed by atoms with Gasteiger partial charge in [-0.3, -0.25) is 0 Å². The third-order valence-electron chi connectivity index (χ3n) is 2.64. The molecule has 1 aromatic heterocycles. The van der Waals surface area contributed by atoms with Crippen LogP contribution >= 0.6 is 11.6 Å². The lowest BCUT2D eigenvalue weighted by Gasteiger charge is -2.14. The number of benzene rings is 1. The zero-order chi connectivity index (χ0) is 14.7. The van der Waals surface area contributed by atoms with E-state index in [9.17, 15) is 0 Å². The highest BCUT2D eigenvalue weighted by atomic mass is 35.5. The molecule has 7 heteroatoms. The smallest absolute Gasteiger partial charge is 0.229 e. The molecule has 2 aromatic rings. The lowest BCUT2D eigenvalue weighted by Crippen LogP contribution is -2.14. The van der Waals surface area contributed by atoms with Crippen molar-refractivity contribution in [2.24, 2.45) is 0 Å². The van der Waals surface area contributed by atoms with Crippen molar-refractivity contribution in [3.8, 4) is 22.9 Å². The summed E-state index contributed by atoms with van der Waals surface area (Å²) in [7, 11) is 6.81. The lowest BCUT2D eigenvalue weighted by atomic mass is 10.1. The molecule has 1 heterocycles. The second kappa shape index (κ2) is 5.92. The van der Waals surface area contributed by atoms with E-state index >= 15 is 0 Å². The second-order valence-electron chi connectivity index (χ2n) is 4.16. The standard InChI is InChI=1S/C13H15ClN4O2/c1-18(2)13-16-11(15-12(14)17-13)8-6-5-7-9(19-3)10(8)20-4/h5-7H,1-4H3. The molecule has 0 aliphatic rings. The van der Waals surface area contributed by atoms with E-state index < -0.39 is 0 Å². The average molecular weight is 295 g/mol. The molecule has 0 spiro atoms. The summed E-state index contributed by atoms with van der Waals surface area (Å²) < 4.78 is 10.6. The molecule has 106 valence electrons. The number of hydrogen-bond acceptors (Lipinski definition) is 6. The zero-order valence-electron chi connectivity index (χ0n) is 11.7. The van der Waals surface area contributed by atoms with Gasteiger partial charge in [0.2, 0.25) is 11.2 Å². The van der Waals surface area contributed by atoms with Crippen molar-refractivity contribution in [2.45, 2.75) is 0 Å². The monoisotopic (exact) mass is 294 g/mol. The predicted molar refractivity (Wildman–Crippen MR) is 77.7 cm³/mol. The van der Waals surface area contributed by atoms with Gasteiger partial charge in [-0.1, -0.05) is 6.07 Å². The topological polar surface area (TPSA) is 60.4 Å². The van der Waals surface area contributed by atoms with E-state index in [0.717, 1.165) is 0 Å². The van der Waals surface area contributed by atoms with Gasteiger partial charge in [0.05, 0.1) is 19.8 Å². The van der Waals surface area contributed by atoms with Crippen molar-refractivity contribution in [3.63, 3.8) is 0 Å². The van der Waals surface area contributed by atoms with Crippen LogP contribution in [0.25, 0.3) is 11.4 Å². The van der Waals surface area contributed by atoms with Gasteiger partial charge in [0.1, 0.15) is 0 Å². The molecule has 0 amide bonds. The first-order chi connectivity index (χ1) is 9.56. The third kappa shape index (κ3) is 2.75. The summed E-state index contributed by atoms with van der Waals surface area (Å²) in [5, 5.41) is 0.128. The molecule has 0 bridgehead atoms. The first kappa shape index (κ1) is 14.3. The Hall–Kier alpha value is -2.08. The van der Waals surface area contributed by atoms with E-state index in [1.165, 1.54) is 0 Å². The molecule has 20 heavy (non-hydrogen) atoms. The largest absolute Gasteiger partial charge is 0.493 e. The molecule has 1 aromatic carbocycles. The van der Waals surface area contributed by atoms with Gasteiger partial charge < -0.3 is 14.4 Å². The summed E-state index contributed by atoms with van der Waals surface area (Å²) in [5.41, 5.74) is 0.694. The second-order valence-corrected chi connectivity index (χ2v) is 4.50. The number of methoxy groups -OCH3 is 2. The van der Waals surface area contributed by atoms with Crippen LogP contribution in [0.5, 0.6) is 11.5 Å². The van der Waals surface area contributed by atoms with E-state index in [4.69, 9.17) is 21.1 Å². The summed E-state index contributed by atoms with van der Waals surface area (Å²) in [4.78, 5) is 14.3. The maximum atomic E-state index is 5.95. The number of anilines is 1. The van der Waals surface area contributed by atoms with Crippen LogP contribution in [0.4, 0.5) is 5.95 Å². The molecule has 6 nitrogen and oxygen atoms in total. The van der Waals surface area contributed by atoms with Crippen LogP contribution in [-0.2, 0) is 0 Å². The van der Waals surface area contributed by atoms with Crippen LogP contribution in [0.1, 0.15) is 0 Å². The van der Waals surface area contributed by atoms with Crippen molar-refractivity contribution in [1.29, 1.82) is 0 Å². The van der Waals surface area contributed by atoms with Gasteiger partial charge in [0.25, 0.3) is 0 Å². The number of hydrogen-bond donors (Lipinski definition) is 0. The van der Waals surface area contributed by atoms with Crippen LogP contribution in [0.3, 0.4) is 0 Å². The SMILES string of the molecule is COc1cccc(-c2nc(Cl)nc(N(C)C)n2)c1OC.